The summed E-state index contributed by atoms with van der Waals surface area (Å²) in [6.07, 6.45) is 3.77. The first-order valence-corrected chi connectivity index (χ1v) is 5.47. The number of fused-ring (bicyclic) bond motifs is 4. The summed E-state index contributed by atoms with van der Waals surface area (Å²) in [5.41, 5.74) is 4.90. The first-order chi connectivity index (χ1) is 8.34. The second-order valence-corrected chi connectivity index (χ2v) is 4.17. The van der Waals surface area contributed by atoms with Crippen molar-refractivity contribution in [1.82, 2.24) is 4.98 Å². The Morgan fingerprint density at radius 2 is 2.00 bits per heavy atom. The van der Waals surface area contributed by atoms with E-state index in [2.05, 4.69) is 9.98 Å². The number of ketones is 1. The van der Waals surface area contributed by atoms with Crippen molar-refractivity contribution in [3.63, 3.8) is 0 Å². The molecule has 17 heavy (non-hydrogen) atoms. The molecule has 1 N–H and O–H groups in total. The van der Waals surface area contributed by atoms with Crippen LogP contribution in [0.2, 0.25) is 0 Å². The lowest BCUT2D eigenvalue weighted by Crippen LogP contribution is -2.16. The van der Waals surface area contributed by atoms with Gasteiger partial charge in [0.15, 0.2) is 5.78 Å². The highest BCUT2D eigenvalue weighted by atomic mass is 16.1. The standard InChI is InChI=1S/C14H8N2O/c17-14-9-3-1-2-4-11(9)16-13-10(14)7-8-5-6-15-12(8)13/h1-7,15H. The zero-order chi connectivity index (χ0) is 11.4. The van der Waals surface area contributed by atoms with Crippen molar-refractivity contribution in [3.05, 3.63) is 58.9 Å². The summed E-state index contributed by atoms with van der Waals surface area (Å²) < 4.78 is 0. The fraction of sp³-hybridized carbons (Fsp3) is 0. The molecule has 80 valence electrons. The third-order valence-electron chi connectivity index (χ3n) is 3.20. The second-order valence-electron chi connectivity index (χ2n) is 4.17. The lowest BCUT2D eigenvalue weighted by molar-refractivity contribution is 0.104. The van der Waals surface area contributed by atoms with E-state index in [0.29, 0.717) is 11.1 Å². The van der Waals surface area contributed by atoms with Gasteiger partial charge in [-0.2, -0.15) is 0 Å². The number of Topliss-reactive ketones (excluding diaryl/α,β-unsaturated/α-hetero) is 1. The molecule has 0 radical (unpaired) electrons. The van der Waals surface area contributed by atoms with Crippen LogP contribution in [0.4, 0.5) is 5.69 Å². The molecule has 4 rings (SSSR count). The Balaban J connectivity index is 2.06. The van der Waals surface area contributed by atoms with Gasteiger partial charge in [0, 0.05) is 17.3 Å². The average Bonchev–Trinajstić information content (AvgIpc) is 2.91. The van der Waals surface area contributed by atoms with Crippen LogP contribution in [0, 0.1) is 0 Å². The number of carbonyl (C=O) groups excluding carboxylic acids is 1. The molecule has 0 saturated heterocycles. The maximum atomic E-state index is 12.3. The molecule has 0 spiro atoms. The summed E-state index contributed by atoms with van der Waals surface area (Å²) >= 11 is 0. The van der Waals surface area contributed by atoms with E-state index < -0.39 is 0 Å². The number of benzene rings is 1. The molecule has 0 atom stereocenters. The molecular weight excluding hydrogens is 212 g/mol. The summed E-state index contributed by atoms with van der Waals surface area (Å²) in [6.45, 7) is 0. The van der Waals surface area contributed by atoms with Crippen molar-refractivity contribution in [3.8, 4) is 0 Å². The van der Waals surface area contributed by atoms with Crippen molar-refractivity contribution in [1.29, 1.82) is 0 Å². The quantitative estimate of drug-likeness (QED) is 0.729. The number of nitrogens with zero attached hydrogens (tertiary/aromatic N) is 1. The maximum absolute atomic E-state index is 12.3. The average molecular weight is 220 g/mol. The Hall–Kier alpha value is -2.42. The Morgan fingerprint density at radius 3 is 2.94 bits per heavy atom. The zero-order valence-corrected chi connectivity index (χ0v) is 8.90. The topological polar surface area (TPSA) is 45.2 Å². The van der Waals surface area contributed by atoms with Gasteiger partial charge < -0.3 is 4.98 Å². The molecule has 2 heterocycles. The van der Waals surface area contributed by atoms with Crippen LogP contribution in [0.3, 0.4) is 0 Å². The van der Waals surface area contributed by atoms with Crippen molar-refractivity contribution in [2.45, 2.75) is 0 Å². The van der Waals surface area contributed by atoms with E-state index in [1.807, 2.05) is 42.6 Å². The number of para-hydroxylation sites is 1. The van der Waals surface area contributed by atoms with E-state index in [1.54, 1.807) is 0 Å². The molecule has 3 heteroatoms. The number of carbonyl (C=O) groups is 1. The maximum Gasteiger partial charge on any atom is 0.197 e. The Kier molecular flexibility index (Phi) is 1.45. The molecule has 0 amide bonds. The van der Waals surface area contributed by atoms with Gasteiger partial charge in [0.1, 0.15) is 0 Å². The minimum absolute atomic E-state index is 0.0650. The molecule has 0 unspecified atom stereocenters. The van der Waals surface area contributed by atoms with Crippen molar-refractivity contribution in [2.24, 2.45) is 4.99 Å². The molecule has 2 aliphatic rings. The van der Waals surface area contributed by atoms with E-state index in [-0.39, 0.29) is 5.78 Å². The molecule has 0 fully saturated rings. The van der Waals surface area contributed by atoms with E-state index in [9.17, 15) is 4.79 Å². The van der Waals surface area contributed by atoms with Gasteiger partial charge >= 0.3 is 0 Å². The third kappa shape index (κ3) is 1.00. The smallest absolute Gasteiger partial charge is 0.197 e. The molecule has 0 bridgehead atoms. The summed E-state index contributed by atoms with van der Waals surface area (Å²) in [7, 11) is 0. The van der Waals surface area contributed by atoms with Gasteiger partial charge in [0.05, 0.1) is 22.7 Å². The molecule has 2 aromatic rings. The number of aromatic nitrogens is 1. The molecule has 1 aliphatic heterocycles. The zero-order valence-electron chi connectivity index (χ0n) is 8.90. The van der Waals surface area contributed by atoms with Crippen LogP contribution in [-0.4, -0.2) is 16.5 Å². The van der Waals surface area contributed by atoms with Gasteiger partial charge in [0.25, 0.3) is 0 Å². The van der Waals surface area contributed by atoms with Crippen molar-refractivity contribution < 1.29 is 4.79 Å². The monoisotopic (exact) mass is 220 g/mol. The summed E-state index contributed by atoms with van der Waals surface area (Å²) in [4.78, 5) is 20.0. The molecule has 1 aliphatic carbocycles. The summed E-state index contributed by atoms with van der Waals surface area (Å²) in [5.74, 6) is 0.0650. The van der Waals surface area contributed by atoms with Gasteiger partial charge in [-0.25, -0.2) is 4.99 Å². The number of H-pyrrole nitrogens is 1. The fourth-order valence-corrected chi connectivity index (χ4v) is 2.38. The lowest BCUT2D eigenvalue weighted by atomic mass is 9.96. The van der Waals surface area contributed by atoms with Crippen LogP contribution < -0.4 is 0 Å². The van der Waals surface area contributed by atoms with Crippen LogP contribution in [-0.2, 0) is 0 Å². The molecule has 1 aromatic carbocycles. The Bertz CT molecular complexity index is 719. The van der Waals surface area contributed by atoms with Gasteiger partial charge in [-0.05, 0) is 24.3 Å². The number of allylic oxidation sites excluding steroid dienone is 1. The van der Waals surface area contributed by atoms with Crippen molar-refractivity contribution in [2.75, 3.05) is 0 Å². The molecule has 0 saturated carbocycles. The SMILES string of the molecule is O=C1C2=Cc3cc[nH]c3C2=Nc2ccccc21. The largest absolute Gasteiger partial charge is 0.359 e. The number of hydrogen-bond donors (Lipinski definition) is 1. The van der Waals surface area contributed by atoms with E-state index >= 15 is 0 Å². The lowest BCUT2D eigenvalue weighted by Gasteiger charge is -2.13. The third-order valence-corrected chi connectivity index (χ3v) is 3.20. The molecule has 3 nitrogen and oxygen atoms in total. The molecule has 1 aromatic heterocycles. The minimum Gasteiger partial charge on any atom is -0.359 e. The number of aliphatic imine (C=N–C) groups is 1. The van der Waals surface area contributed by atoms with Gasteiger partial charge in [-0.15, -0.1) is 0 Å². The number of rotatable bonds is 0. The summed E-state index contributed by atoms with van der Waals surface area (Å²) in [5, 5.41) is 0. The Morgan fingerprint density at radius 1 is 1.12 bits per heavy atom. The van der Waals surface area contributed by atoms with Crippen LogP contribution in [0.15, 0.2) is 47.1 Å². The minimum atomic E-state index is 0.0650. The highest BCUT2D eigenvalue weighted by molar-refractivity contribution is 6.40. The van der Waals surface area contributed by atoms with E-state index in [0.717, 1.165) is 22.7 Å². The van der Waals surface area contributed by atoms with Gasteiger partial charge in [-0.1, -0.05) is 12.1 Å². The van der Waals surface area contributed by atoms with Crippen LogP contribution in [0.5, 0.6) is 0 Å². The number of aromatic amines is 1. The first-order valence-electron chi connectivity index (χ1n) is 5.47. The highest BCUT2D eigenvalue weighted by Crippen LogP contribution is 2.35. The first kappa shape index (κ1) is 8.70. The van der Waals surface area contributed by atoms with E-state index in [1.165, 1.54) is 0 Å². The van der Waals surface area contributed by atoms with Gasteiger partial charge in [-0.3, -0.25) is 4.79 Å². The normalized spacial score (nSPS) is 15.9. The Labute approximate surface area is 97.5 Å². The highest BCUT2D eigenvalue weighted by Gasteiger charge is 2.31. The van der Waals surface area contributed by atoms with Crippen LogP contribution in [0.25, 0.3) is 6.08 Å². The summed E-state index contributed by atoms with van der Waals surface area (Å²) in [6, 6.07) is 9.42. The van der Waals surface area contributed by atoms with Crippen molar-refractivity contribution >= 4 is 23.3 Å². The predicted octanol–water partition coefficient (Wildman–Crippen LogP) is 2.73. The number of nitrogens with one attached hydrogen (secondary N) is 1. The molecular formula is C14H8N2O. The second kappa shape index (κ2) is 2.83. The number of hydrogen-bond acceptors (Lipinski definition) is 2. The predicted molar refractivity (Wildman–Crippen MR) is 65.7 cm³/mol. The van der Waals surface area contributed by atoms with Crippen LogP contribution in [0.1, 0.15) is 21.6 Å². The fourth-order valence-electron chi connectivity index (χ4n) is 2.38. The van der Waals surface area contributed by atoms with Gasteiger partial charge in [0.2, 0.25) is 0 Å². The van der Waals surface area contributed by atoms with E-state index in [4.69, 9.17) is 0 Å². The van der Waals surface area contributed by atoms with Crippen LogP contribution >= 0.6 is 0 Å².